The first-order valence-electron chi connectivity index (χ1n) is 5.50. The van der Waals surface area contributed by atoms with Gasteiger partial charge in [-0.1, -0.05) is 23.2 Å². The van der Waals surface area contributed by atoms with Crippen LogP contribution in [0, 0.1) is 0 Å². The van der Waals surface area contributed by atoms with E-state index < -0.39 is 5.97 Å². The van der Waals surface area contributed by atoms with E-state index in [1.807, 2.05) is 0 Å². The van der Waals surface area contributed by atoms with Crippen molar-refractivity contribution in [2.24, 2.45) is 0 Å². The maximum atomic E-state index is 10.5. The van der Waals surface area contributed by atoms with Crippen molar-refractivity contribution >= 4 is 29.2 Å². The number of halogens is 2. The number of carboxylic acids is 1. The molecule has 0 aliphatic rings. The van der Waals surface area contributed by atoms with Crippen LogP contribution in [0.1, 0.15) is 12.8 Å². The summed E-state index contributed by atoms with van der Waals surface area (Å²) < 4.78 is 1.53. The van der Waals surface area contributed by atoms with Crippen molar-refractivity contribution in [3.8, 4) is 11.4 Å². The van der Waals surface area contributed by atoms with Crippen molar-refractivity contribution in [2.45, 2.75) is 19.4 Å². The maximum Gasteiger partial charge on any atom is 0.303 e. The molecule has 19 heavy (non-hydrogen) atoms. The van der Waals surface area contributed by atoms with Crippen molar-refractivity contribution in [1.29, 1.82) is 0 Å². The molecule has 0 aliphatic heterocycles. The van der Waals surface area contributed by atoms with Crippen LogP contribution in [0.4, 0.5) is 0 Å². The molecule has 0 saturated carbocycles. The number of hydrogen-bond acceptors (Lipinski definition) is 4. The Hall–Kier alpha value is -1.66. The number of aryl methyl sites for hydroxylation is 1. The lowest BCUT2D eigenvalue weighted by atomic mass is 10.2. The number of rotatable bonds is 5. The van der Waals surface area contributed by atoms with Crippen molar-refractivity contribution in [3.05, 3.63) is 28.2 Å². The van der Waals surface area contributed by atoms with Gasteiger partial charge in [-0.25, -0.2) is 4.68 Å². The van der Waals surface area contributed by atoms with Crippen LogP contribution in [0.25, 0.3) is 11.4 Å². The molecule has 2 rings (SSSR count). The molecule has 2 aromatic rings. The number of aliphatic carboxylic acids is 1. The number of nitrogens with zero attached hydrogens (tertiary/aromatic N) is 4. The van der Waals surface area contributed by atoms with Crippen LogP contribution in [0.5, 0.6) is 0 Å². The van der Waals surface area contributed by atoms with E-state index in [9.17, 15) is 4.79 Å². The molecular formula is C11H10Cl2N4O2. The SMILES string of the molecule is O=C(O)CCCn1nnnc1-c1cc(Cl)cc(Cl)c1. The Morgan fingerprint density at radius 2 is 1.95 bits per heavy atom. The summed E-state index contributed by atoms with van der Waals surface area (Å²) in [6, 6.07) is 5.02. The number of carbonyl (C=O) groups is 1. The molecule has 0 fully saturated rings. The second-order valence-electron chi connectivity index (χ2n) is 3.88. The summed E-state index contributed by atoms with van der Waals surface area (Å²) in [5.74, 6) is -0.338. The van der Waals surface area contributed by atoms with E-state index in [-0.39, 0.29) is 6.42 Å². The summed E-state index contributed by atoms with van der Waals surface area (Å²) in [5.41, 5.74) is 0.692. The lowest BCUT2D eigenvalue weighted by molar-refractivity contribution is -0.137. The van der Waals surface area contributed by atoms with Gasteiger partial charge in [-0.15, -0.1) is 5.10 Å². The van der Waals surface area contributed by atoms with Gasteiger partial charge in [0.2, 0.25) is 0 Å². The van der Waals surface area contributed by atoms with Gasteiger partial charge in [0.25, 0.3) is 0 Å². The smallest absolute Gasteiger partial charge is 0.303 e. The highest BCUT2D eigenvalue weighted by Gasteiger charge is 2.11. The van der Waals surface area contributed by atoms with Gasteiger partial charge in [0, 0.05) is 28.6 Å². The zero-order valence-electron chi connectivity index (χ0n) is 9.75. The van der Waals surface area contributed by atoms with E-state index >= 15 is 0 Å². The van der Waals surface area contributed by atoms with E-state index in [1.165, 1.54) is 4.68 Å². The van der Waals surface area contributed by atoms with Crippen LogP contribution < -0.4 is 0 Å². The van der Waals surface area contributed by atoms with Gasteiger partial charge < -0.3 is 5.11 Å². The van der Waals surface area contributed by atoms with Crippen molar-refractivity contribution in [2.75, 3.05) is 0 Å². The van der Waals surface area contributed by atoms with Crippen LogP contribution in [-0.2, 0) is 11.3 Å². The average Bonchev–Trinajstić information content (AvgIpc) is 2.75. The summed E-state index contributed by atoms with van der Waals surface area (Å²) in [5, 5.41) is 20.9. The van der Waals surface area contributed by atoms with Gasteiger partial charge in [0.15, 0.2) is 5.82 Å². The van der Waals surface area contributed by atoms with E-state index in [1.54, 1.807) is 18.2 Å². The number of benzene rings is 1. The van der Waals surface area contributed by atoms with E-state index in [2.05, 4.69) is 15.5 Å². The fourth-order valence-electron chi connectivity index (χ4n) is 1.62. The topological polar surface area (TPSA) is 80.9 Å². The summed E-state index contributed by atoms with van der Waals surface area (Å²) in [6.45, 7) is 0.415. The summed E-state index contributed by atoms with van der Waals surface area (Å²) in [7, 11) is 0. The first-order valence-corrected chi connectivity index (χ1v) is 6.26. The zero-order valence-corrected chi connectivity index (χ0v) is 11.3. The van der Waals surface area contributed by atoms with Gasteiger partial charge in [0.1, 0.15) is 0 Å². The molecule has 6 nitrogen and oxygen atoms in total. The molecule has 1 aromatic carbocycles. The highest BCUT2D eigenvalue weighted by Crippen LogP contribution is 2.25. The molecule has 0 radical (unpaired) electrons. The highest BCUT2D eigenvalue weighted by atomic mass is 35.5. The zero-order chi connectivity index (χ0) is 13.8. The van der Waals surface area contributed by atoms with Crippen LogP contribution in [0.2, 0.25) is 10.0 Å². The summed E-state index contributed by atoms with van der Waals surface area (Å²) in [4.78, 5) is 10.5. The molecule has 1 N–H and O–H groups in total. The Morgan fingerprint density at radius 3 is 2.58 bits per heavy atom. The molecule has 0 saturated heterocycles. The van der Waals surface area contributed by atoms with Gasteiger partial charge in [-0.2, -0.15) is 0 Å². The standard InChI is InChI=1S/C11H10Cl2N4O2/c12-8-4-7(5-9(13)6-8)11-14-15-16-17(11)3-1-2-10(18)19/h4-6H,1-3H2,(H,18,19). The quantitative estimate of drug-likeness (QED) is 0.917. The summed E-state index contributed by atoms with van der Waals surface area (Å²) in [6.07, 6.45) is 0.511. The predicted octanol–water partition coefficient (Wildman–Crippen LogP) is 2.51. The molecule has 1 heterocycles. The first-order chi connectivity index (χ1) is 9.06. The van der Waals surface area contributed by atoms with E-state index in [4.69, 9.17) is 28.3 Å². The van der Waals surface area contributed by atoms with Crippen LogP contribution in [0.15, 0.2) is 18.2 Å². The minimum absolute atomic E-state index is 0.0651. The van der Waals surface area contributed by atoms with Crippen molar-refractivity contribution in [1.82, 2.24) is 20.2 Å². The minimum Gasteiger partial charge on any atom is -0.481 e. The molecular weight excluding hydrogens is 291 g/mol. The molecule has 8 heteroatoms. The van der Waals surface area contributed by atoms with Crippen molar-refractivity contribution in [3.63, 3.8) is 0 Å². The first kappa shape index (κ1) is 13.8. The highest BCUT2D eigenvalue weighted by molar-refractivity contribution is 6.35. The van der Waals surface area contributed by atoms with Crippen molar-refractivity contribution < 1.29 is 9.90 Å². The monoisotopic (exact) mass is 300 g/mol. The number of carboxylic acid groups (broad SMARTS) is 1. The lowest BCUT2D eigenvalue weighted by Crippen LogP contribution is -2.05. The maximum absolute atomic E-state index is 10.5. The molecule has 0 amide bonds. The Labute approximate surface area is 118 Å². The van der Waals surface area contributed by atoms with Gasteiger partial charge in [-0.3, -0.25) is 4.79 Å². The number of tetrazole rings is 1. The molecule has 0 bridgehead atoms. The fourth-order valence-corrected chi connectivity index (χ4v) is 2.15. The van der Waals surface area contributed by atoms with Gasteiger partial charge >= 0.3 is 5.97 Å². The molecule has 0 spiro atoms. The number of aromatic nitrogens is 4. The van der Waals surface area contributed by atoms with Gasteiger partial charge in [-0.05, 0) is 35.0 Å². The molecule has 0 aliphatic carbocycles. The largest absolute Gasteiger partial charge is 0.481 e. The molecule has 1 aromatic heterocycles. The lowest BCUT2D eigenvalue weighted by Gasteiger charge is -2.04. The second-order valence-corrected chi connectivity index (χ2v) is 4.75. The predicted molar refractivity (Wildman–Crippen MR) is 70.1 cm³/mol. The second kappa shape index (κ2) is 5.99. The third-order valence-electron chi connectivity index (χ3n) is 2.41. The Bertz CT molecular complexity index is 580. The number of hydrogen-bond donors (Lipinski definition) is 1. The molecule has 0 unspecified atom stereocenters. The van der Waals surface area contributed by atoms with E-state index in [0.717, 1.165) is 0 Å². The Morgan fingerprint density at radius 1 is 1.26 bits per heavy atom. The normalized spacial score (nSPS) is 10.6. The summed E-state index contributed by atoms with van der Waals surface area (Å²) >= 11 is 11.9. The Balaban J connectivity index is 2.21. The fraction of sp³-hybridized carbons (Fsp3) is 0.273. The third kappa shape index (κ3) is 3.65. The van der Waals surface area contributed by atoms with Crippen LogP contribution >= 0.6 is 23.2 Å². The van der Waals surface area contributed by atoms with E-state index in [0.29, 0.717) is 34.4 Å². The van der Waals surface area contributed by atoms with Crippen LogP contribution in [-0.4, -0.2) is 31.3 Å². The molecule has 100 valence electrons. The third-order valence-corrected chi connectivity index (χ3v) is 2.85. The van der Waals surface area contributed by atoms with Crippen LogP contribution in [0.3, 0.4) is 0 Å². The Kier molecular flexibility index (Phi) is 4.34. The molecule has 0 atom stereocenters. The average molecular weight is 301 g/mol. The minimum atomic E-state index is -0.847. The van der Waals surface area contributed by atoms with Gasteiger partial charge in [0.05, 0.1) is 0 Å².